The van der Waals surface area contributed by atoms with Crippen molar-refractivity contribution in [3.63, 3.8) is 0 Å². The van der Waals surface area contributed by atoms with Gasteiger partial charge in [0.05, 0.1) is 11.7 Å². The molecule has 0 atom stereocenters. The lowest BCUT2D eigenvalue weighted by molar-refractivity contribution is 0.0732. The zero-order valence-electron chi connectivity index (χ0n) is 12.8. The normalized spacial score (nSPS) is 14.9. The van der Waals surface area contributed by atoms with E-state index in [-0.39, 0.29) is 11.4 Å². The van der Waals surface area contributed by atoms with E-state index >= 15 is 0 Å². The quantitative estimate of drug-likeness (QED) is 0.807. The average molecular weight is 283 g/mol. The molecule has 0 N–H and O–H groups in total. The fourth-order valence-electron chi connectivity index (χ4n) is 2.85. The summed E-state index contributed by atoms with van der Waals surface area (Å²) in [5, 5.41) is 4.51. The molecule has 2 aromatic rings. The lowest BCUT2D eigenvalue weighted by Crippen LogP contribution is -2.37. The maximum Gasteiger partial charge on any atom is 0.254 e. The van der Waals surface area contributed by atoms with Crippen LogP contribution in [0.3, 0.4) is 0 Å². The zero-order chi connectivity index (χ0) is 15.0. The maximum absolute atomic E-state index is 12.5. The Bertz CT molecular complexity index is 652. The van der Waals surface area contributed by atoms with E-state index in [1.807, 2.05) is 41.4 Å². The summed E-state index contributed by atoms with van der Waals surface area (Å²) >= 11 is 0. The first kappa shape index (κ1) is 13.9. The molecule has 0 saturated carbocycles. The monoisotopic (exact) mass is 283 g/mol. The first-order chi connectivity index (χ1) is 9.97. The number of carbonyl (C=O) groups is 1. The lowest BCUT2D eigenvalue weighted by Gasteiger charge is -2.30. The van der Waals surface area contributed by atoms with E-state index in [2.05, 4.69) is 30.6 Å². The Morgan fingerprint density at radius 1 is 1.19 bits per heavy atom. The third-order valence-electron chi connectivity index (χ3n) is 3.88. The average Bonchev–Trinajstić information content (AvgIpc) is 2.90. The molecule has 0 aliphatic carbocycles. The lowest BCUT2D eigenvalue weighted by atomic mass is 10.0. The maximum atomic E-state index is 12.5. The van der Waals surface area contributed by atoms with Gasteiger partial charge in [0, 0.05) is 36.3 Å². The highest BCUT2D eigenvalue weighted by atomic mass is 16.2. The summed E-state index contributed by atoms with van der Waals surface area (Å²) < 4.78 is 2.09. The van der Waals surface area contributed by atoms with Gasteiger partial charge in [-0.15, -0.1) is 0 Å². The Balaban J connectivity index is 1.83. The Kier molecular flexibility index (Phi) is 3.32. The number of benzene rings is 1. The molecule has 0 bridgehead atoms. The van der Waals surface area contributed by atoms with Gasteiger partial charge in [-0.1, -0.05) is 18.2 Å². The van der Waals surface area contributed by atoms with Crippen LogP contribution < -0.4 is 0 Å². The molecule has 2 heterocycles. The molecule has 21 heavy (non-hydrogen) atoms. The Morgan fingerprint density at radius 3 is 2.57 bits per heavy atom. The molecule has 4 heteroatoms. The third kappa shape index (κ3) is 2.58. The van der Waals surface area contributed by atoms with Crippen molar-refractivity contribution >= 4 is 5.91 Å². The van der Waals surface area contributed by atoms with Gasteiger partial charge >= 0.3 is 0 Å². The summed E-state index contributed by atoms with van der Waals surface area (Å²) in [5.41, 5.74) is 3.17. The third-order valence-corrected chi connectivity index (χ3v) is 3.88. The molecule has 4 nitrogen and oxygen atoms in total. The molecule has 1 amide bonds. The van der Waals surface area contributed by atoms with Gasteiger partial charge in [-0.3, -0.25) is 9.48 Å². The van der Waals surface area contributed by atoms with Crippen LogP contribution in [0.5, 0.6) is 0 Å². The van der Waals surface area contributed by atoms with Gasteiger partial charge in [-0.2, -0.15) is 5.10 Å². The summed E-state index contributed by atoms with van der Waals surface area (Å²) in [4.78, 5) is 14.4. The van der Waals surface area contributed by atoms with Crippen molar-refractivity contribution in [3.05, 3.63) is 53.3 Å². The van der Waals surface area contributed by atoms with Crippen LogP contribution >= 0.6 is 0 Å². The van der Waals surface area contributed by atoms with Crippen molar-refractivity contribution in [1.29, 1.82) is 0 Å². The molecule has 0 spiro atoms. The smallest absolute Gasteiger partial charge is 0.254 e. The first-order valence-corrected chi connectivity index (χ1v) is 7.37. The fourth-order valence-corrected chi connectivity index (χ4v) is 2.85. The minimum atomic E-state index is -0.0147. The van der Waals surface area contributed by atoms with Crippen LogP contribution in [-0.2, 0) is 18.5 Å². The van der Waals surface area contributed by atoms with E-state index in [0.717, 1.165) is 18.5 Å². The molecule has 0 fully saturated rings. The van der Waals surface area contributed by atoms with Crippen molar-refractivity contribution in [2.24, 2.45) is 0 Å². The molecule has 0 radical (unpaired) electrons. The second-order valence-electron chi connectivity index (χ2n) is 6.54. The van der Waals surface area contributed by atoms with Crippen molar-refractivity contribution in [2.45, 2.75) is 39.3 Å². The number of rotatable bonds is 1. The summed E-state index contributed by atoms with van der Waals surface area (Å²) in [5.74, 6) is 0.102. The van der Waals surface area contributed by atoms with Gasteiger partial charge in [0.1, 0.15) is 0 Å². The predicted molar refractivity (Wildman–Crippen MR) is 82.1 cm³/mol. The Hall–Kier alpha value is -2.10. The number of carbonyl (C=O) groups excluding carboxylic acids is 1. The standard InChI is InChI=1S/C17H21N3O/c1-17(2,3)20-15-9-10-19(12-14(15)11-18-20)16(21)13-7-5-4-6-8-13/h4-8,11H,9-10,12H2,1-3H3. The molecule has 110 valence electrons. The van der Waals surface area contributed by atoms with Crippen LogP contribution in [0.2, 0.25) is 0 Å². The van der Waals surface area contributed by atoms with Crippen LogP contribution in [0.1, 0.15) is 42.4 Å². The summed E-state index contributed by atoms with van der Waals surface area (Å²) in [6.07, 6.45) is 2.77. The molecule has 0 unspecified atom stereocenters. The van der Waals surface area contributed by atoms with E-state index in [0.29, 0.717) is 6.54 Å². The number of aromatic nitrogens is 2. The second-order valence-corrected chi connectivity index (χ2v) is 6.54. The first-order valence-electron chi connectivity index (χ1n) is 7.37. The minimum absolute atomic E-state index is 0.0147. The van der Waals surface area contributed by atoms with Crippen LogP contribution in [0.4, 0.5) is 0 Å². The van der Waals surface area contributed by atoms with Crippen molar-refractivity contribution < 1.29 is 4.79 Å². The molecular weight excluding hydrogens is 262 g/mol. The number of amides is 1. The summed E-state index contributed by atoms with van der Waals surface area (Å²) in [6, 6.07) is 9.48. The highest BCUT2D eigenvalue weighted by Gasteiger charge is 2.27. The largest absolute Gasteiger partial charge is 0.334 e. The second kappa shape index (κ2) is 5.02. The number of hydrogen-bond donors (Lipinski definition) is 0. The van der Waals surface area contributed by atoms with E-state index in [4.69, 9.17) is 0 Å². The van der Waals surface area contributed by atoms with Crippen LogP contribution in [0, 0.1) is 0 Å². The SMILES string of the molecule is CC(C)(C)n1ncc2c1CCN(C(=O)c1ccccc1)C2. The molecule has 1 aromatic carbocycles. The van der Waals surface area contributed by atoms with Gasteiger partial charge < -0.3 is 4.90 Å². The van der Waals surface area contributed by atoms with Crippen LogP contribution in [-0.4, -0.2) is 27.1 Å². The predicted octanol–water partition coefficient (Wildman–Crippen LogP) is 2.84. The molecule has 1 aliphatic heterocycles. The van der Waals surface area contributed by atoms with Gasteiger partial charge in [0.25, 0.3) is 5.91 Å². The van der Waals surface area contributed by atoms with Gasteiger partial charge in [-0.25, -0.2) is 0 Å². The summed E-state index contributed by atoms with van der Waals surface area (Å²) in [7, 11) is 0. The van der Waals surface area contributed by atoms with Crippen molar-refractivity contribution in [2.75, 3.05) is 6.54 Å². The Labute approximate surface area is 125 Å². The van der Waals surface area contributed by atoms with Gasteiger partial charge in [0.15, 0.2) is 0 Å². The molecular formula is C17H21N3O. The highest BCUT2D eigenvalue weighted by Crippen LogP contribution is 2.25. The zero-order valence-corrected chi connectivity index (χ0v) is 12.8. The topological polar surface area (TPSA) is 38.1 Å². The molecule has 3 rings (SSSR count). The van der Waals surface area contributed by atoms with Crippen LogP contribution in [0.15, 0.2) is 36.5 Å². The molecule has 1 aromatic heterocycles. The summed E-state index contributed by atoms with van der Waals surface area (Å²) in [6.45, 7) is 7.87. The van der Waals surface area contributed by atoms with Gasteiger partial charge in [-0.05, 0) is 32.9 Å². The van der Waals surface area contributed by atoms with E-state index in [1.165, 1.54) is 11.3 Å². The Morgan fingerprint density at radius 2 is 1.90 bits per heavy atom. The number of fused-ring (bicyclic) bond motifs is 1. The highest BCUT2D eigenvalue weighted by molar-refractivity contribution is 5.94. The van der Waals surface area contributed by atoms with Crippen molar-refractivity contribution in [1.82, 2.24) is 14.7 Å². The molecule has 0 saturated heterocycles. The fraction of sp³-hybridized carbons (Fsp3) is 0.412. The van der Waals surface area contributed by atoms with E-state index in [1.54, 1.807) is 0 Å². The number of hydrogen-bond acceptors (Lipinski definition) is 2. The van der Waals surface area contributed by atoms with E-state index in [9.17, 15) is 4.79 Å². The van der Waals surface area contributed by atoms with E-state index < -0.39 is 0 Å². The van der Waals surface area contributed by atoms with Gasteiger partial charge in [0.2, 0.25) is 0 Å². The molecule has 1 aliphatic rings. The number of nitrogens with zero attached hydrogens (tertiary/aromatic N) is 3. The van der Waals surface area contributed by atoms with Crippen LogP contribution in [0.25, 0.3) is 0 Å². The van der Waals surface area contributed by atoms with Crippen molar-refractivity contribution in [3.8, 4) is 0 Å². The minimum Gasteiger partial charge on any atom is -0.334 e.